The van der Waals surface area contributed by atoms with Crippen molar-refractivity contribution in [3.63, 3.8) is 0 Å². The maximum atomic E-state index is 13.9. The van der Waals surface area contributed by atoms with Crippen LogP contribution in [0.15, 0.2) is 46.2 Å². The SMILES string of the molecule is CC(NC(=O)CSc1nnc(CCC(N)=O)n1Cc1ccco1)c1ccc(F)cc1F. The molecule has 0 spiro atoms. The summed E-state index contributed by atoms with van der Waals surface area (Å²) in [5.74, 6) is -1.02. The van der Waals surface area contributed by atoms with E-state index in [0.29, 0.717) is 29.7 Å². The van der Waals surface area contributed by atoms with Crippen molar-refractivity contribution in [1.29, 1.82) is 0 Å². The van der Waals surface area contributed by atoms with E-state index in [9.17, 15) is 18.4 Å². The Morgan fingerprint density at radius 3 is 2.77 bits per heavy atom. The minimum Gasteiger partial charge on any atom is -0.467 e. The summed E-state index contributed by atoms with van der Waals surface area (Å²) in [4.78, 5) is 23.5. The quantitative estimate of drug-likeness (QED) is 0.460. The molecule has 2 heterocycles. The Labute approximate surface area is 181 Å². The number of benzene rings is 1. The number of aryl methyl sites for hydroxylation is 1. The van der Waals surface area contributed by atoms with E-state index in [-0.39, 0.29) is 23.6 Å². The molecule has 2 aromatic heterocycles. The zero-order valence-electron chi connectivity index (χ0n) is 16.7. The first kappa shape index (κ1) is 22.5. The molecular formula is C20H21F2N5O3S. The number of nitrogens with one attached hydrogen (secondary N) is 1. The average Bonchev–Trinajstić information content (AvgIpc) is 3.35. The Hall–Kier alpha value is -3.21. The third-order valence-electron chi connectivity index (χ3n) is 4.42. The second kappa shape index (κ2) is 10.2. The molecular weight excluding hydrogens is 428 g/mol. The average molecular weight is 449 g/mol. The number of amides is 2. The molecule has 164 valence electrons. The topological polar surface area (TPSA) is 116 Å². The molecule has 0 aliphatic heterocycles. The maximum Gasteiger partial charge on any atom is 0.230 e. The van der Waals surface area contributed by atoms with Crippen LogP contribution in [0.25, 0.3) is 0 Å². The molecule has 31 heavy (non-hydrogen) atoms. The Kier molecular flexibility index (Phi) is 7.40. The first-order valence-electron chi connectivity index (χ1n) is 9.43. The van der Waals surface area contributed by atoms with Gasteiger partial charge in [-0.15, -0.1) is 10.2 Å². The minimum atomic E-state index is -0.724. The minimum absolute atomic E-state index is 0.000733. The van der Waals surface area contributed by atoms with Gasteiger partial charge in [0, 0.05) is 24.5 Å². The molecule has 0 bridgehead atoms. The van der Waals surface area contributed by atoms with Gasteiger partial charge in [-0.3, -0.25) is 14.2 Å². The van der Waals surface area contributed by atoms with E-state index in [1.807, 2.05) is 0 Å². The summed E-state index contributed by atoms with van der Waals surface area (Å²) in [6.07, 6.45) is 1.96. The molecule has 1 atom stereocenters. The fraction of sp³-hybridized carbons (Fsp3) is 0.300. The van der Waals surface area contributed by atoms with Crippen LogP contribution >= 0.6 is 11.8 Å². The van der Waals surface area contributed by atoms with Crippen molar-refractivity contribution in [3.05, 3.63) is 65.4 Å². The third-order valence-corrected chi connectivity index (χ3v) is 5.39. The molecule has 2 amide bonds. The Balaban J connectivity index is 1.65. The van der Waals surface area contributed by atoms with Gasteiger partial charge in [0.05, 0.1) is 24.6 Å². The van der Waals surface area contributed by atoms with E-state index in [2.05, 4.69) is 15.5 Å². The van der Waals surface area contributed by atoms with Crippen LogP contribution in [0.5, 0.6) is 0 Å². The summed E-state index contributed by atoms with van der Waals surface area (Å²) < 4.78 is 34.1. The van der Waals surface area contributed by atoms with Gasteiger partial charge in [-0.05, 0) is 25.1 Å². The van der Waals surface area contributed by atoms with E-state index in [1.165, 1.54) is 6.07 Å². The number of thioether (sulfide) groups is 1. The molecule has 1 unspecified atom stereocenters. The molecule has 0 saturated carbocycles. The summed E-state index contributed by atoms with van der Waals surface area (Å²) in [7, 11) is 0. The Bertz CT molecular complexity index is 1060. The van der Waals surface area contributed by atoms with Gasteiger partial charge in [-0.2, -0.15) is 0 Å². The van der Waals surface area contributed by atoms with Crippen LogP contribution in [0.3, 0.4) is 0 Å². The number of carbonyl (C=O) groups excluding carboxylic acids is 2. The van der Waals surface area contributed by atoms with Crippen LogP contribution < -0.4 is 11.1 Å². The monoisotopic (exact) mass is 449 g/mol. The zero-order valence-corrected chi connectivity index (χ0v) is 17.5. The first-order chi connectivity index (χ1) is 14.8. The molecule has 1 aromatic carbocycles. The number of halogens is 2. The number of rotatable bonds is 10. The molecule has 0 saturated heterocycles. The summed E-state index contributed by atoms with van der Waals surface area (Å²) in [6, 6.07) is 6.11. The molecule has 0 aliphatic carbocycles. The normalized spacial score (nSPS) is 12.0. The summed E-state index contributed by atoms with van der Waals surface area (Å²) in [5, 5.41) is 11.4. The lowest BCUT2D eigenvalue weighted by Gasteiger charge is -2.15. The summed E-state index contributed by atoms with van der Waals surface area (Å²) in [6.45, 7) is 1.94. The Morgan fingerprint density at radius 1 is 1.29 bits per heavy atom. The lowest BCUT2D eigenvalue weighted by Crippen LogP contribution is -2.29. The van der Waals surface area contributed by atoms with Crippen LogP contribution in [-0.2, 0) is 22.6 Å². The Morgan fingerprint density at radius 2 is 2.10 bits per heavy atom. The number of aromatic nitrogens is 3. The largest absolute Gasteiger partial charge is 0.467 e. The second-order valence-electron chi connectivity index (χ2n) is 6.77. The summed E-state index contributed by atoms with van der Waals surface area (Å²) in [5.41, 5.74) is 5.41. The third kappa shape index (κ3) is 6.14. The molecule has 0 fully saturated rings. The standard InChI is InChI=1S/C20H21F2N5O3S/c1-12(15-5-4-13(21)9-16(15)22)24-19(29)11-31-20-26-25-18(7-6-17(23)28)27(20)10-14-3-2-8-30-14/h2-5,8-9,12H,6-7,10-11H2,1H3,(H2,23,28)(H,24,29). The second-order valence-corrected chi connectivity index (χ2v) is 7.72. The van der Waals surface area contributed by atoms with E-state index in [1.54, 1.807) is 29.9 Å². The molecule has 0 aliphatic rings. The molecule has 8 nitrogen and oxygen atoms in total. The number of furan rings is 1. The van der Waals surface area contributed by atoms with E-state index < -0.39 is 23.6 Å². The van der Waals surface area contributed by atoms with Crippen molar-refractivity contribution in [2.45, 2.75) is 37.5 Å². The van der Waals surface area contributed by atoms with E-state index in [0.717, 1.165) is 23.9 Å². The first-order valence-corrected chi connectivity index (χ1v) is 10.4. The van der Waals surface area contributed by atoms with Gasteiger partial charge in [0.1, 0.15) is 23.2 Å². The lowest BCUT2D eigenvalue weighted by atomic mass is 10.1. The van der Waals surface area contributed by atoms with Crippen LogP contribution in [-0.4, -0.2) is 32.3 Å². The number of hydrogen-bond donors (Lipinski definition) is 2. The van der Waals surface area contributed by atoms with Crippen molar-refractivity contribution in [2.75, 3.05) is 5.75 Å². The molecule has 3 rings (SSSR count). The molecule has 3 N–H and O–H groups in total. The van der Waals surface area contributed by atoms with Gasteiger partial charge in [-0.1, -0.05) is 17.8 Å². The number of carbonyl (C=O) groups is 2. The van der Waals surface area contributed by atoms with Gasteiger partial charge in [0.2, 0.25) is 11.8 Å². The van der Waals surface area contributed by atoms with E-state index in [4.69, 9.17) is 10.2 Å². The molecule has 3 aromatic rings. The smallest absolute Gasteiger partial charge is 0.230 e. The maximum absolute atomic E-state index is 13.9. The van der Waals surface area contributed by atoms with Crippen molar-refractivity contribution in [1.82, 2.24) is 20.1 Å². The number of hydrogen-bond acceptors (Lipinski definition) is 6. The van der Waals surface area contributed by atoms with Crippen molar-refractivity contribution in [2.24, 2.45) is 5.73 Å². The van der Waals surface area contributed by atoms with Crippen molar-refractivity contribution in [3.8, 4) is 0 Å². The number of nitrogens with zero attached hydrogens (tertiary/aromatic N) is 3. The van der Waals surface area contributed by atoms with Gasteiger partial charge in [-0.25, -0.2) is 8.78 Å². The van der Waals surface area contributed by atoms with Crippen molar-refractivity contribution >= 4 is 23.6 Å². The number of nitrogens with two attached hydrogens (primary N) is 1. The lowest BCUT2D eigenvalue weighted by molar-refractivity contribution is -0.119. The van der Waals surface area contributed by atoms with Crippen molar-refractivity contribution < 1.29 is 22.8 Å². The highest BCUT2D eigenvalue weighted by Gasteiger charge is 2.18. The van der Waals surface area contributed by atoms with Crippen LogP contribution in [0, 0.1) is 11.6 Å². The van der Waals surface area contributed by atoms with Gasteiger partial charge >= 0.3 is 0 Å². The fourth-order valence-corrected chi connectivity index (χ4v) is 3.67. The predicted octanol–water partition coefficient (Wildman–Crippen LogP) is 2.59. The highest BCUT2D eigenvalue weighted by Crippen LogP contribution is 2.21. The number of primary amides is 1. The zero-order chi connectivity index (χ0) is 22.4. The molecule has 11 heteroatoms. The fourth-order valence-electron chi connectivity index (χ4n) is 2.91. The van der Waals surface area contributed by atoms with Gasteiger partial charge in [0.15, 0.2) is 5.16 Å². The van der Waals surface area contributed by atoms with Gasteiger partial charge < -0.3 is 15.5 Å². The van der Waals surface area contributed by atoms with E-state index >= 15 is 0 Å². The van der Waals surface area contributed by atoms with Gasteiger partial charge in [0.25, 0.3) is 0 Å². The highest BCUT2D eigenvalue weighted by atomic mass is 32.2. The summed E-state index contributed by atoms with van der Waals surface area (Å²) >= 11 is 1.14. The highest BCUT2D eigenvalue weighted by molar-refractivity contribution is 7.99. The predicted molar refractivity (Wildman–Crippen MR) is 109 cm³/mol. The molecule has 0 radical (unpaired) electrons. The van der Waals surface area contributed by atoms with Crippen LogP contribution in [0.4, 0.5) is 8.78 Å². The van der Waals surface area contributed by atoms with Crippen LogP contribution in [0.2, 0.25) is 0 Å². The van der Waals surface area contributed by atoms with Crippen LogP contribution in [0.1, 0.15) is 36.5 Å².